The summed E-state index contributed by atoms with van der Waals surface area (Å²) in [6, 6.07) is 0.815. The fourth-order valence-corrected chi connectivity index (χ4v) is 4.39. The van der Waals surface area contributed by atoms with Crippen molar-refractivity contribution in [2.75, 3.05) is 26.9 Å². The van der Waals surface area contributed by atoms with Crippen LogP contribution in [-0.4, -0.2) is 50.2 Å². The number of nitrogens with one attached hydrogen (secondary N) is 1. The molecular weight excluding hydrogens is 723 g/mol. The standard InChI is InChI=1S/C7H15N.C7H14O.2C6H14O.4C6H14.C5H12/c2*1-6(2)7-4-3-5-8-7;1-6(2)4-5-7-3;1-4-6(7)5(2)3;2*1-5(2)6(3)4;2*1-4-5-6(2)3;1-4-5(2)3/h6-8H,3-5H2,1-2H3;6-7H,3-5H2,1-2H3;6H,4-5H2,1-3H3;5-7H,4H2,1-3H3;2*5-6H,1-4H3;2*6H,4-5H2,1-3H3;5H,4H2,1-3H3. The van der Waals surface area contributed by atoms with Gasteiger partial charge in [0.2, 0.25) is 0 Å². The molecule has 2 aliphatic rings. The van der Waals surface area contributed by atoms with E-state index in [9.17, 15) is 0 Å². The van der Waals surface area contributed by atoms with Crippen LogP contribution in [0.3, 0.4) is 0 Å². The number of aliphatic hydroxyl groups excluding tert-OH is 1. The lowest BCUT2D eigenvalue weighted by atomic mass is 10.0. The molecule has 0 aromatic heterocycles. The summed E-state index contributed by atoms with van der Waals surface area (Å²) >= 11 is 0. The molecular formula is C55H125NO3. The molecule has 3 atom stereocenters. The molecule has 0 spiro atoms. The van der Waals surface area contributed by atoms with Crippen molar-refractivity contribution in [3.05, 3.63) is 0 Å². The maximum atomic E-state index is 8.94. The molecule has 0 bridgehead atoms. The normalized spacial score (nSPS) is 16.1. The number of hydrogen-bond acceptors (Lipinski definition) is 4. The van der Waals surface area contributed by atoms with Crippen molar-refractivity contribution in [3.63, 3.8) is 0 Å². The summed E-state index contributed by atoms with van der Waals surface area (Å²) in [4.78, 5) is 0. The highest BCUT2D eigenvalue weighted by Gasteiger charge is 2.18. The molecule has 4 nitrogen and oxygen atoms in total. The van der Waals surface area contributed by atoms with Crippen molar-refractivity contribution < 1.29 is 14.6 Å². The molecule has 2 heterocycles. The Morgan fingerprint density at radius 3 is 0.983 bits per heavy atom. The first-order chi connectivity index (χ1) is 27.2. The zero-order valence-corrected chi connectivity index (χ0v) is 46.7. The fourth-order valence-electron chi connectivity index (χ4n) is 4.39. The Morgan fingerprint density at radius 1 is 0.508 bits per heavy atom. The Morgan fingerprint density at radius 2 is 0.898 bits per heavy atom. The fraction of sp³-hybridized carbons (Fsp3) is 1.00. The lowest BCUT2D eigenvalue weighted by Gasteiger charge is -2.12. The molecule has 4 heteroatoms. The minimum atomic E-state index is -0.0972. The lowest BCUT2D eigenvalue weighted by Crippen LogP contribution is -2.26. The molecule has 59 heavy (non-hydrogen) atoms. The molecule has 2 fully saturated rings. The van der Waals surface area contributed by atoms with Crippen LogP contribution in [0.2, 0.25) is 0 Å². The summed E-state index contributed by atoms with van der Waals surface area (Å²) in [5, 5.41) is 12.4. The predicted molar refractivity (Wildman–Crippen MR) is 276 cm³/mol. The van der Waals surface area contributed by atoms with E-state index in [1.54, 1.807) is 7.11 Å². The first-order valence-corrected chi connectivity index (χ1v) is 25.7. The Labute approximate surface area is 379 Å². The third-order valence-corrected chi connectivity index (χ3v) is 10.9. The molecule has 2 aliphatic heterocycles. The zero-order chi connectivity index (χ0) is 48.1. The molecule has 0 saturated carbocycles. The van der Waals surface area contributed by atoms with Gasteiger partial charge in [0.25, 0.3) is 0 Å². The highest BCUT2D eigenvalue weighted by Crippen LogP contribution is 2.19. The summed E-state index contributed by atoms with van der Waals surface area (Å²) in [6.45, 7) is 60.6. The Hall–Kier alpha value is -0.160. The van der Waals surface area contributed by atoms with Crippen molar-refractivity contribution in [1.82, 2.24) is 5.32 Å². The minimum Gasteiger partial charge on any atom is -0.393 e. The maximum Gasteiger partial charge on any atom is 0.0598 e. The SMILES string of the molecule is CC(C)C(C)C.CC(C)C(C)C.CC(C)C1CCCN1.CC(C)C1CCCO1.CCC(C)C.CCC(O)C(C)C.CCCC(C)C.CCCC(C)C.COCCC(C)C. The Kier molecular flexibility index (Phi) is 67.0. The number of hydrogen-bond donors (Lipinski definition) is 2. The zero-order valence-electron chi connectivity index (χ0n) is 46.7. The van der Waals surface area contributed by atoms with Crippen LogP contribution in [0.25, 0.3) is 0 Å². The van der Waals surface area contributed by atoms with Crippen molar-refractivity contribution in [1.29, 1.82) is 0 Å². The van der Waals surface area contributed by atoms with Gasteiger partial charge < -0.3 is 19.9 Å². The van der Waals surface area contributed by atoms with Gasteiger partial charge in [0.15, 0.2) is 0 Å². The van der Waals surface area contributed by atoms with Crippen molar-refractivity contribution >= 4 is 0 Å². The second-order valence-electron chi connectivity index (χ2n) is 21.3. The van der Waals surface area contributed by atoms with E-state index < -0.39 is 0 Å². The van der Waals surface area contributed by atoms with Gasteiger partial charge >= 0.3 is 0 Å². The van der Waals surface area contributed by atoms with Crippen LogP contribution in [-0.2, 0) is 9.47 Å². The van der Waals surface area contributed by atoms with Gasteiger partial charge in [-0.05, 0) is 110 Å². The van der Waals surface area contributed by atoms with E-state index in [0.717, 1.165) is 84.9 Å². The number of ether oxygens (including phenoxy) is 2. The molecule has 0 amide bonds. The summed E-state index contributed by atoms with van der Waals surface area (Å²) in [5.41, 5.74) is 0. The largest absolute Gasteiger partial charge is 0.393 e. The Balaban J connectivity index is -0.000000104. The first kappa shape index (κ1) is 73.2. The summed E-state index contributed by atoms with van der Waals surface area (Å²) in [5.74, 6) is 8.84. The van der Waals surface area contributed by atoms with E-state index in [-0.39, 0.29) is 6.10 Å². The second kappa shape index (κ2) is 54.0. The van der Waals surface area contributed by atoms with E-state index >= 15 is 0 Å². The topological polar surface area (TPSA) is 50.7 Å². The highest BCUT2D eigenvalue weighted by molar-refractivity contribution is 4.76. The van der Waals surface area contributed by atoms with Gasteiger partial charge in [0.05, 0.1) is 12.2 Å². The van der Waals surface area contributed by atoms with E-state index in [2.05, 4.69) is 165 Å². The maximum absolute atomic E-state index is 8.94. The number of methoxy groups -OCH3 is 1. The van der Waals surface area contributed by atoms with Gasteiger partial charge in [-0.2, -0.15) is 0 Å². The van der Waals surface area contributed by atoms with Gasteiger partial charge in [-0.25, -0.2) is 0 Å². The smallest absolute Gasteiger partial charge is 0.0598 e. The summed E-state index contributed by atoms with van der Waals surface area (Å²) in [7, 11) is 1.74. The van der Waals surface area contributed by atoms with Crippen molar-refractivity contribution in [2.45, 2.75) is 269 Å². The third kappa shape index (κ3) is 78.8. The van der Waals surface area contributed by atoms with E-state index in [0.29, 0.717) is 12.0 Å². The minimum absolute atomic E-state index is 0.0972. The molecule has 0 radical (unpaired) electrons. The number of aliphatic hydroxyl groups is 1. The molecule has 3 unspecified atom stereocenters. The van der Waals surface area contributed by atoms with Crippen LogP contribution in [0.4, 0.5) is 0 Å². The van der Waals surface area contributed by atoms with Crippen LogP contribution < -0.4 is 5.32 Å². The van der Waals surface area contributed by atoms with E-state index in [4.69, 9.17) is 14.6 Å². The van der Waals surface area contributed by atoms with Crippen LogP contribution in [0.15, 0.2) is 0 Å². The third-order valence-electron chi connectivity index (χ3n) is 10.9. The van der Waals surface area contributed by atoms with E-state index in [1.807, 2.05) is 20.8 Å². The van der Waals surface area contributed by atoms with Crippen molar-refractivity contribution in [3.8, 4) is 0 Å². The van der Waals surface area contributed by atoms with Gasteiger partial charge in [-0.3, -0.25) is 0 Å². The van der Waals surface area contributed by atoms with E-state index in [1.165, 1.54) is 70.8 Å². The van der Waals surface area contributed by atoms with Crippen LogP contribution in [0.5, 0.6) is 0 Å². The van der Waals surface area contributed by atoms with Crippen LogP contribution in [0.1, 0.15) is 251 Å². The van der Waals surface area contributed by atoms with Gasteiger partial charge in [-0.15, -0.1) is 0 Å². The molecule has 0 aromatic rings. The van der Waals surface area contributed by atoms with Crippen LogP contribution >= 0.6 is 0 Å². The molecule has 0 aliphatic carbocycles. The van der Waals surface area contributed by atoms with Gasteiger partial charge in [0.1, 0.15) is 0 Å². The monoisotopic (exact) mass is 848 g/mol. The molecule has 2 N–H and O–H groups in total. The quantitative estimate of drug-likeness (QED) is 0.183. The summed E-state index contributed by atoms with van der Waals surface area (Å²) in [6.07, 6.45) is 14.5. The molecule has 2 rings (SSSR count). The number of rotatable bonds is 14. The van der Waals surface area contributed by atoms with Gasteiger partial charge in [0, 0.05) is 26.4 Å². The first-order valence-electron chi connectivity index (χ1n) is 25.7. The highest BCUT2D eigenvalue weighted by atomic mass is 16.5. The average Bonchev–Trinajstić information content (AvgIpc) is 3.89. The molecule has 2 saturated heterocycles. The molecule has 0 aromatic carbocycles. The Bertz CT molecular complexity index is 630. The van der Waals surface area contributed by atoms with Crippen LogP contribution in [0, 0.1) is 65.1 Å². The lowest BCUT2D eigenvalue weighted by molar-refractivity contribution is 0.0758. The van der Waals surface area contributed by atoms with Gasteiger partial charge in [-0.1, -0.05) is 212 Å². The predicted octanol–water partition coefficient (Wildman–Crippen LogP) is 17.8. The van der Waals surface area contributed by atoms with Crippen molar-refractivity contribution in [2.24, 2.45) is 65.1 Å². The average molecular weight is 849 g/mol. The molecule has 368 valence electrons. The second-order valence-corrected chi connectivity index (χ2v) is 21.3. The summed E-state index contributed by atoms with van der Waals surface area (Å²) < 4.78 is 10.3.